The fourth-order valence-electron chi connectivity index (χ4n) is 3.76. The van der Waals surface area contributed by atoms with Crippen LogP contribution in [-0.4, -0.2) is 10.5 Å². The molecule has 0 saturated heterocycles. The van der Waals surface area contributed by atoms with E-state index in [-0.39, 0.29) is 12.6 Å². The third kappa shape index (κ3) is 3.17. The van der Waals surface area contributed by atoms with Crippen molar-refractivity contribution >= 4 is 27.8 Å². The van der Waals surface area contributed by atoms with Crippen LogP contribution in [0, 0.1) is 0 Å². The fraction of sp³-hybridized carbons (Fsp3) is 0.0385. The number of hydrogen-bond acceptors (Lipinski definition) is 2. The van der Waals surface area contributed by atoms with Crippen LogP contribution in [0.2, 0.25) is 0 Å². The molecule has 0 aliphatic heterocycles. The Labute approximate surface area is 168 Å². The number of carbonyl (C=O) groups excluding carboxylic acids is 1. The molecule has 3 heteroatoms. The molecule has 0 unspecified atom stereocenters. The molecule has 1 aromatic heterocycles. The predicted octanol–water partition coefficient (Wildman–Crippen LogP) is 6.14. The minimum absolute atomic E-state index is 0.267. The van der Waals surface area contributed by atoms with E-state index in [9.17, 15) is 4.79 Å². The normalized spacial score (nSPS) is 11.0. The van der Waals surface area contributed by atoms with Crippen molar-refractivity contribution in [3.05, 3.63) is 114 Å². The quantitative estimate of drug-likeness (QED) is 0.352. The molecule has 0 atom stereocenters. The second-order valence-electron chi connectivity index (χ2n) is 6.98. The van der Waals surface area contributed by atoms with Gasteiger partial charge in [0.1, 0.15) is 6.61 Å². The molecule has 0 bridgehead atoms. The molecule has 0 N–H and O–H groups in total. The van der Waals surface area contributed by atoms with Crippen LogP contribution in [0.4, 0.5) is 0 Å². The Bertz CT molecular complexity index is 1300. The van der Waals surface area contributed by atoms with E-state index >= 15 is 0 Å². The Balaban J connectivity index is 1.57. The number of carbonyl (C=O) groups is 1. The Morgan fingerprint density at radius 2 is 1.34 bits per heavy atom. The lowest BCUT2D eigenvalue weighted by Gasteiger charge is -2.08. The van der Waals surface area contributed by atoms with Crippen LogP contribution >= 0.6 is 0 Å². The van der Waals surface area contributed by atoms with Crippen LogP contribution in [0.5, 0.6) is 0 Å². The summed E-state index contributed by atoms with van der Waals surface area (Å²) in [6, 6.07) is 34.0. The summed E-state index contributed by atoms with van der Waals surface area (Å²) in [7, 11) is 0. The number of aromatic nitrogens is 1. The van der Waals surface area contributed by atoms with E-state index in [1.807, 2.05) is 78.9 Å². The lowest BCUT2D eigenvalue weighted by molar-refractivity contribution is 0.0473. The lowest BCUT2D eigenvalue weighted by Crippen LogP contribution is -2.05. The van der Waals surface area contributed by atoms with Gasteiger partial charge >= 0.3 is 5.97 Å². The number of rotatable bonds is 4. The molecule has 1 heterocycles. The predicted molar refractivity (Wildman–Crippen MR) is 116 cm³/mol. The number of fused-ring (bicyclic) bond motifs is 3. The van der Waals surface area contributed by atoms with Crippen LogP contribution in [0.25, 0.3) is 27.5 Å². The summed E-state index contributed by atoms with van der Waals surface area (Å²) in [6.07, 6.45) is 0. The van der Waals surface area contributed by atoms with Crippen LogP contribution < -0.4 is 0 Å². The molecule has 29 heavy (non-hydrogen) atoms. The van der Waals surface area contributed by atoms with Crippen LogP contribution in [-0.2, 0) is 11.3 Å². The first-order chi connectivity index (χ1) is 14.3. The van der Waals surface area contributed by atoms with Gasteiger partial charge in [0.25, 0.3) is 0 Å². The van der Waals surface area contributed by atoms with Crippen molar-refractivity contribution in [1.82, 2.24) is 4.57 Å². The SMILES string of the molecule is O=C(OCc1ccccc1)c1ccc2c(c1)c1ccccc1n2-c1ccccc1. The monoisotopic (exact) mass is 377 g/mol. The van der Waals surface area contributed by atoms with Crippen molar-refractivity contribution < 1.29 is 9.53 Å². The molecule has 0 fully saturated rings. The summed E-state index contributed by atoms with van der Waals surface area (Å²) in [4.78, 5) is 12.6. The zero-order valence-electron chi connectivity index (χ0n) is 15.8. The van der Waals surface area contributed by atoms with Crippen LogP contribution in [0.15, 0.2) is 103 Å². The number of para-hydroxylation sites is 2. The highest BCUT2D eigenvalue weighted by atomic mass is 16.5. The van der Waals surface area contributed by atoms with Gasteiger partial charge in [-0.2, -0.15) is 0 Å². The lowest BCUT2D eigenvalue weighted by atomic mass is 10.1. The highest BCUT2D eigenvalue weighted by Crippen LogP contribution is 2.32. The van der Waals surface area contributed by atoms with Gasteiger partial charge < -0.3 is 9.30 Å². The molecule has 140 valence electrons. The Morgan fingerprint density at radius 1 is 0.690 bits per heavy atom. The van der Waals surface area contributed by atoms with E-state index in [1.165, 1.54) is 0 Å². The topological polar surface area (TPSA) is 31.2 Å². The van der Waals surface area contributed by atoms with Gasteiger partial charge in [-0.1, -0.05) is 66.7 Å². The molecule has 3 nitrogen and oxygen atoms in total. The fourth-order valence-corrected chi connectivity index (χ4v) is 3.76. The smallest absolute Gasteiger partial charge is 0.338 e. The van der Waals surface area contributed by atoms with Crippen molar-refractivity contribution in [3.63, 3.8) is 0 Å². The Hall–Kier alpha value is -3.85. The maximum atomic E-state index is 12.6. The van der Waals surface area contributed by atoms with E-state index in [4.69, 9.17) is 4.74 Å². The van der Waals surface area contributed by atoms with Gasteiger partial charge in [0.15, 0.2) is 0 Å². The average molecular weight is 377 g/mol. The van der Waals surface area contributed by atoms with E-state index < -0.39 is 0 Å². The van der Waals surface area contributed by atoms with E-state index in [2.05, 4.69) is 28.8 Å². The average Bonchev–Trinajstić information content (AvgIpc) is 3.12. The van der Waals surface area contributed by atoms with Gasteiger partial charge in [-0.05, 0) is 42.0 Å². The highest BCUT2D eigenvalue weighted by molar-refractivity contribution is 6.11. The molecular formula is C26H19NO2. The minimum atomic E-state index is -0.313. The first-order valence-corrected chi connectivity index (χ1v) is 9.61. The molecule has 4 aromatic carbocycles. The van der Waals surface area contributed by atoms with Crippen molar-refractivity contribution in [3.8, 4) is 5.69 Å². The molecule has 0 amide bonds. The summed E-state index contributed by atoms with van der Waals surface area (Å²) in [6.45, 7) is 0.267. The second kappa shape index (κ2) is 7.28. The number of esters is 1. The molecule has 5 aromatic rings. The van der Waals surface area contributed by atoms with E-state index in [1.54, 1.807) is 0 Å². The molecule has 0 radical (unpaired) electrons. The van der Waals surface area contributed by atoms with Crippen LogP contribution in [0.1, 0.15) is 15.9 Å². The van der Waals surface area contributed by atoms with Gasteiger partial charge in [-0.25, -0.2) is 4.79 Å². The van der Waals surface area contributed by atoms with Crippen LogP contribution in [0.3, 0.4) is 0 Å². The molecule has 0 aliphatic carbocycles. The van der Waals surface area contributed by atoms with Crippen molar-refractivity contribution in [2.75, 3.05) is 0 Å². The number of hydrogen-bond donors (Lipinski definition) is 0. The highest BCUT2D eigenvalue weighted by Gasteiger charge is 2.15. The number of nitrogens with zero attached hydrogens (tertiary/aromatic N) is 1. The van der Waals surface area contributed by atoms with Gasteiger partial charge in [-0.15, -0.1) is 0 Å². The minimum Gasteiger partial charge on any atom is -0.457 e. The maximum absolute atomic E-state index is 12.6. The second-order valence-corrected chi connectivity index (χ2v) is 6.98. The molecule has 0 aliphatic rings. The first kappa shape index (κ1) is 17.3. The first-order valence-electron chi connectivity index (χ1n) is 9.61. The molecule has 0 saturated carbocycles. The largest absolute Gasteiger partial charge is 0.457 e. The summed E-state index contributed by atoms with van der Waals surface area (Å²) in [5.41, 5.74) is 4.81. The van der Waals surface area contributed by atoms with Crippen molar-refractivity contribution in [2.45, 2.75) is 6.61 Å². The molecule has 0 spiro atoms. The van der Waals surface area contributed by atoms with Gasteiger partial charge in [0, 0.05) is 16.5 Å². The third-order valence-corrected chi connectivity index (χ3v) is 5.14. The maximum Gasteiger partial charge on any atom is 0.338 e. The summed E-state index contributed by atoms with van der Waals surface area (Å²) in [5, 5.41) is 2.16. The third-order valence-electron chi connectivity index (χ3n) is 5.14. The zero-order valence-corrected chi connectivity index (χ0v) is 15.8. The summed E-state index contributed by atoms with van der Waals surface area (Å²) in [5.74, 6) is -0.313. The Kier molecular flexibility index (Phi) is 4.34. The van der Waals surface area contributed by atoms with E-state index in [0.717, 1.165) is 33.1 Å². The molecular weight excluding hydrogens is 358 g/mol. The number of benzene rings is 4. The summed E-state index contributed by atoms with van der Waals surface area (Å²) < 4.78 is 7.75. The van der Waals surface area contributed by atoms with Crippen molar-refractivity contribution in [2.24, 2.45) is 0 Å². The van der Waals surface area contributed by atoms with E-state index in [0.29, 0.717) is 5.56 Å². The molecule has 5 rings (SSSR count). The standard InChI is InChI=1S/C26H19NO2/c28-26(29-18-19-9-3-1-4-10-19)20-15-16-25-23(17-20)22-13-7-8-14-24(22)27(25)21-11-5-2-6-12-21/h1-17H,18H2. The Morgan fingerprint density at radius 3 is 2.14 bits per heavy atom. The van der Waals surface area contributed by atoms with Gasteiger partial charge in [0.2, 0.25) is 0 Å². The van der Waals surface area contributed by atoms with Crippen molar-refractivity contribution in [1.29, 1.82) is 0 Å². The summed E-state index contributed by atoms with van der Waals surface area (Å²) >= 11 is 0. The zero-order chi connectivity index (χ0) is 19.6. The van der Waals surface area contributed by atoms with Gasteiger partial charge in [0.05, 0.1) is 16.6 Å². The number of ether oxygens (including phenoxy) is 1. The van der Waals surface area contributed by atoms with Gasteiger partial charge in [-0.3, -0.25) is 0 Å².